The molecule has 0 aliphatic carbocycles. The zero-order valence-corrected chi connectivity index (χ0v) is 20.3. The summed E-state index contributed by atoms with van der Waals surface area (Å²) < 4.78 is 41.5. The number of ether oxygens (including phenoxy) is 2. The molecule has 2 fully saturated rings. The van der Waals surface area contributed by atoms with E-state index in [2.05, 4.69) is 0 Å². The predicted octanol–water partition coefficient (Wildman–Crippen LogP) is 2.36. The minimum atomic E-state index is -4.20. The number of imide groups is 1. The highest BCUT2D eigenvalue weighted by atomic mass is 32.2. The molecule has 2 aliphatic heterocycles. The third-order valence-electron chi connectivity index (χ3n) is 5.27. The molecule has 10 nitrogen and oxygen atoms in total. The van der Waals surface area contributed by atoms with E-state index in [1.807, 2.05) is 0 Å². The van der Waals surface area contributed by atoms with Crippen LogP contribution in [0.25, 0.3) is 6.08 Å². The molecule has 0 radical (unpaired) electrons. The summed E-state index contributed by atoms with van der Waals surface area (Å²) in [5, 5.41) is -0.592. The van der Waals surface area contributed by atoms with Gasteiger partial charge >= 0.3 is 10.1 Å². The van der Waals surface area contributed by atoms with Crippen molar-refractivity contribution in [3.05, 3.63) is 59.0 Å². The van der Waals surface area contributed by atoms with Crippen LogP contribution in [0.4, 0.5) is 4.79 Å². The second-order valence-corrected chi connectivity index (χ2v) is 10.0. The molecule has 2 aromatic carbocycles. The Morgan fingerprint density at radius 2 is 1.80 bits per heavy atom. The molecule has 2 aliphatic rings. The van der Waals surface area contributed by atoms with Gasteiger partial charge in [0.2, 0.25) is 5.91 Å². The van der Waals surface area contributed by atoms with E-state index in [4.69, 9.17) is 13.7 Å². The van der Waals surface area contributed by atoms with E-state index in [-0.39, 0.29) is 39.3 Å². The van der Waals surface area contributed by atoms with Gasteiger partial charge < -0.3 is 18.6 Å². The van der Waals surface area contributed by atoms with Crippen LogP contribution in [0.3, 0.4) is 0 Å². The van der Waals surface area contributed by atoms with Gasteiger partial charge in [-0.2, -0.15) is 8.42 Å². The van der Waals surface area contributed by atoms with Gasteiger partial charge in [-0.3, -0.25) is 19.3 Å². The maximum Gasteiger partial charge on any atom is 0.339 e. The first kappa shape index (κ1) is 24.8. The predicted molar refractivity (Wildman–Crippen MR) is 127 cm³/mol. The molecule has 0 spiro atoms. The lowest BCUT2D eigenvalue weighted by Gasteiger charge is -2.28. The Bertz CT molecular complexity index is 1270. The summed E-state index contributed by atoms with van der Waals surface area (Å²) in [5.74, 6) is -1.01. The third-order valence-corrected chi connectivity index (χ3v) is 7.41. The van der Waals surface area contributed by atoms with Crippen LogP contribution in [0.1, 0.15) is 5.56 Å². The van der Waals surface area contributed by atoms with Gasteiger partial charge in [0, 0.05) is 18.7 Å². The molecule has 0 N–H and O–H groups in total. The van der Waals surface area contributed by atoms with E-state index in [0.717, 1.165) is 4.90 Å². The SMILES string of the molecule is COc1cccc(/C=C2\SC(=O)N(CC(=O)N3CCOCC3)C2=O)c1OS(=O)(=O)c1ccccc1. The van der Waals surface area contributed by atoms with Crippen molar-refractivity contribution < 1.29 is 36.5 Å². The summed E-state index contributed by atoms with van der Waals surface area (Å²) in [6.45, 7) is 1.21. The molecule has 0 atom stereocenters. The number of amides is 3. The zero-order chi connectivity index (χ0) is 25.0. The molecule has 2 saturated heterocycles. The number of hydrogen-bond donors (Lipinski definition) is 0. The second kappa shape index (κ2) is 10.5. The third kappa shape index (κ3) is 5.50. The van der Waals surface area contributed by atoms with E-state index >= 15 is 0 Å². The smallest absolute Gasteiger partial charge is 0.339 e. The molecule has 0 bridgehead atoms. The fraction of sp³-hybridized carbons (Fsp3) is 0.261. The molecule has 35 heavy (non-hydrogen) atoms. The average Bonchev–Trinajstić information content (AvgIpc) is 3.13. The minimum Gasteiger partial charge on any atom is -0.493 e. The van der Waals surface area contributed by atoms with Crippen molar-refractivity contribution in [2.75, 3.05) is 40.0 Å². The fourth-order valence-corrected chi connectivity index (χ4v) is 5.28. The van der Waals surface area contributed by atoms with Crippen molar-refractivity contribution >= 4 is 45.0 Å². The molecule has 2 heterocycles. The molecule has 12 heteroatoms. The molecular formula is C23H22N2O8S2. The van der Waals surface area contributed by atoms with Crippen molar-refractivity contribution in [1.29, 1.82) is 0 Å². The van der Waals surface area contributed by atoms with Crippen LogP contribution < -0.4 is 8.92 Å². The first-order chi connectivity index (χ1) is 16.8. The number of thioether (sulfide) groups is 1. The summed E-state index contributed by atoms with van der Waals surface area (Å²) in [6, 6.07) is 12.2. The Hall–Kier alpha value is -3.35. The molecule has 0 unspecified atom stereocenters. The Morgan fingerprint density at radius 1 is 1.09 bits per heavy atom. The first-order valence-electron chi connectivity index (χ1n) is 10.6. The van der Waals surface area contributed by atoms with Gasteiger partial charge in [0.25, 0.3) is 11.1 Å². The molecule has 4 rings (SSSR count). The molecular weight excluding hydrogens is 496 g/mol. The number of carbonyl (C=O) groups is 3. The van der Waals surface area contributed by atoms with Crippen LogP contribution in [-0.2, 0) is 24.4 Å². The normalized spacial score (nSPS) is 17.7. The topological polar surface area (TPSA) is 120 Å². The lowest BCUT2D eigenvalue weighted by molar-refractivity contribution is -0.139. The van der Waals surface area contributed by atoms with Crippen LogP contribution in [0.5, 0.6) is 11.5 Å². The van der Waals surface area contributed by atoms with E-state index in [1.54, 1.807) is 29.2 Å². The fourth-order valence-electron chi connectivity index (χ4n) is 3.47. The van der Waals surface area contributed by atoms with Gasteiger partial charge in [0.05, 0.1) is 25.2 Å². The van der Waals surface area contributed by atoms with Gasteiger partial charge in [0.15, 0.2) is 11.5 Å². The Balaban J connectivity index is 1.60. The Kier molecular flexibility index (Phi) is 7.43. The number of carbonyl (C=O) groups excluding carboxylic acids is 3. The number of para-hydroxylation sites is 1. The number of nitrogens with zero attached hydrogens (tertiary/aromatic N) is 2. The van der Waals surface area contributed by atoms with Crippen molar-refractivity contribution in [3.63, 3.8) is 0 Å². The highest BCUT2D eigenvalue weighted by Gasteiger charge is 2.37. The van der Waals surface area contributed by atoms with E-state index < -0.39 is 21.3 Å². The Morgan fingerprint density at radius 3 is 2.49 bits per heavy atom. The highest BCUT2D eigenvalue weighted by Crippen LogP contribution is 2.38. The summed E-state index contributed by atoms with van der Waals surface area (Å²) in [6.07, 6.45) is 1.35. The van der Waals surface area contributed by atoms with Gasteiger partial charge in [-0.05, 0) is 36.0 Å². The number of benzene rings is 2. The highest BCUT2D eigenvalue weighted by molar-refractivity contribution is 8.18. The van der Waals surface area contributed by atoms with E-state index in [0.29, 0.717) is 38.1 Å². The number of rotatable bonds is 7. The zero-order valence-electron chi connectivity index (χ0n) is 18.7. The van der Waals surface area contributed by atoms with Crippen LogP contribution in [0, 0.1) is 0 Å². The van der Waals surface area contributed by atoms with Crippen LogP contribution in [0.2, 0.25) is 0 Å². The van der Waals surface area contributed by atoms with Gasteiger partial charge in [0.1, 0.15) is 11.4 Å². The molecule has 0 aromatic heterocycles. The van der Waals surface area contributed by atoms with Crippen molar-refractivity contribution in [2.24, 2.45) is 0 Å². The summed E-state index contributed by atoms with van der Waals surface area (Å²) >= 11 is 0.659. The number of hydrogen-bond acceptors (Lipinski definition) is 9. The molecule has 0 saturated carbocycles. The van der Waals surface area contributed by atoms with E-state index in [9.17, 15) is 22.8 Å². The van der Waals surface area contributed by atoms with Crippen molar-refractivity contribution in [1.82, 2.24) is 9.80 Å². The summed E-state index contributed by atoms with van der Waals surface area (Å²) in [7, 11) is -2.85. The maximum absolute atomic E-state index is 12.9. The summed E-state index contributed by atoms with van der Waals surface area (Å²) in [5.41, 5.74) is 0.217. The minimum absolute atomic E-state index is 0.0278. The first-order valence-corrected chi connectivity index (χ1v) is 12.8. The average molecular weight is 519 g/mol. The molecule has 2 aromatic rings. The van der Waals surface area contributed by atoms with Crippen LogP contribution >= 0.6 is 11.8 Å². The molecule has 3 amide bonds. The van der Waals surface area contributed by atoms with Gasteiger partial charge in [-0.25, -0.2) is 0 Å². The summed E-state index contributed by atoms with van der Waals surface area (Å²) in [4.78, 5) is 40.4. The van der Waals surface area contributed by atoms with Crippen LogP contribution in [-0.4, -0.2) is 75.2 Å². The standard InChI is InChI=1S/C23H22N2O8S2/c1-31-18-9-5-6-16(21(18)33-35(29,30)17-7-3-2-4-8-17)14-19-22(27)25(23(28)34-19)15-20(26)24-10-12-32-13-11-24/h2-9,14H,10-13,15H2,1H3/b19-14-. The maximum atomic E-state index is 12.9. The number of methoxy groups -OCH3 is 1. The van der Waals surface area contributed by atoms with E-state index in [1.165, 1.54) is 37.5 Å². The van der Waals surface area contributed by atoms with Gasteiger partial charge in [-0.15, -0.1) is 0 Å². The second-order valence-electron chi connectivity index (χ2n) is 7.49. The van der Waals surface area contributed by atoms with Crippen molar-refractivity contribution in [3.8, 4) is 11.5 Å². The number of morpholine rings is 1. The molecule has 184 valence electrons. The lowest BCUT2D eigenvalue weighted by Crippen LogP contribution is -2.46. The quantitative estimate of drug-likeness (QED) is 0.402. The van der Waals surface area contributed by atoms with Crippen LogP contribution in [0.15, 0.2) is 58.3 Å². The van der Waals surface area contributed by atoms with Crippen molar-refractivity contribution in [2.45, 2.75) is 4.90 Å². The largest absolute Gasteiger partial charge is 0.493 e. The Labute approximate surface area is 206 Å². The monoisotopic (exact) mass is 518 g/mol. The van der Waals surface area contributed by atoms with Gasteiger partial charge in [-0.1, -0.05) is 30.3 Å². The lowest BCUT2D eigenvalue weighted by atomic mass is 10.1.